The van der Waals surface area contributed by atoms with E-state index in [0.717, 1.165) is 6.54 Å². The van der Waals surface area contributed by atoms with Crippen molar-refractivity contribution in [1.29, 1.82) is 0 Å². The van der Waals surface area contributed by atoms with Crippen molar-refractivity contribution in [3.05, 3.63) is 35.5 Å². The molecule has 0 saturated heterocycles. The van der Waals surface area contributed by atoms with Crippen molar-refractivity contribution in [2.75, 3.05) is 11.9 Å². The van der Waals surface area contributed by atoms with Crippen LogP contribution in [0.15, 0.2) is 24.4 Å². The lowest BCUT2D eigenvalue weighted by molar-refractivity contribution is 0.689. The summed E-state index contributed by atoms with van der Waals surface area (Å²) in [5.74, 6) is 0. The monoisotopic (exact) mass is 226 g/mol. The highest BCUT2D eigenvalue weighted by atomic mass is 14.9. The molecule has 0 unspecified atom stereocenters. The molecule has 2 aromatic rings. The maximum absolute atomic E-state index is 4.60. The van der Waals surface area contributed by atoms with E-state index in [0.29, 0.717) is 0 Å². The number of anilines is 1. The topological polar surface area (TPSA) is 24.9 Å². The van der Waals surface area contributed by atoms with Crippen molar-refractivity contribution >= 4 is 16.6 Å². The van der Waals surface area contributed by atoms with Gasteiger partial charge >= 0.3 is 0 Å². The van der Waals surface area contributed by atoms with E-state index in [9.17, 15) is 0 Å². The van der Waals surface area contributed by atoms with Crippen LogP contribution >= 0.6 is 0 Å². The number of aryl methyl sites for hydroxylation is 2. The van der Waals surface area contributed by atoms with E-state index in [2.05, 4.69) is 35.4 Å². The zero-order valence-electron chi connectivity index (χ0n) is 10.3. The second-order valence-electron chi connectivity index (χ2n) is 4.70. The van der Waals surface area contributed by atoms with Crippen molar-refractivity contribution in [2.24, 2.45) is 0 Å². The molecule has 2 heteroatoms. The summed E-state index contributed by atoms with van der Waals surface area (Å²) in [5.41, 5.74) is 5.41. The Bertz CT molecular complexity index is 546. The average molecular weight is 226 g/mol. The summed E-state index contributed by atoms with van der Waals surface area (Å²) >= 11 is 0. The first-order valence-electron chi connectivity index (χ1n) is 6.53. The molecule has 0 bridgehead atoms. The Morgan fingerprint density at radius 1 is 1.18 bits per heavy atom. The molecule has 88 valence electrons. The van der Waals surface area contributed by atoms with Crippen molar-refractivity contribution in [1.82, 2.24) is 4.98 Å². The zero-order chi connectivity index (χ0) is 11.7. The summed E-state index contributed by atoms with van der Waals surface area (Å²) < 4.78 is 0. The molecule has 0 radical (unpaired) electrons. The second-order valence-corrected chi connectivity index (χ2v) is 4.70. The molecule has 1 aromatic carbocycles. The molecule has 1 heterocycles. The highest BCUT2D eigenvalue weighted by Gasteiger charge is 2.14. The minimum Gasteiger partial charge on any atom is -0.385 e. The number of aromatic nitrogens is 1. The van der Waals surface area contributed by atoms with Crippen LogP contribution in [0.25, 0.3) is 10.9 Å². The van der Waals surface area contributed by atoms with Crippen molar-refractivity contribution in [3.63, 3.8) is 0 Å². The molecule has 17 heavy (non-hydrogen) atoms. The largest absolute Gasteiger partial charge is 0.385 e. The standard InChI is InChI=1S/C15H18N2/c1-2-16-14-9-10-17-15-12-6-4-3-5-11(12)7-8-13(14)15/h7-10H,2-6H2,1H3,(H,16,17). The van der Waals surface area contributed by atoms with Crippen molar-refractivity contribution < 1.29 is 0 Å². The Hall–Kier alpha value is -1.57. The van der Waals surface area contributed by atoms with Crippen LogP contribution in [0, 0.1) is 0 Å². The molecular weight excluding hydrogens is 208 g/mol. The molecule has 2 nitrogen and oxygen atoms in total. The van der Waals surface area contributed by atoms with Gasteiger partial charge in [-0.3, -0.25) is 4.98 Å². The highest BCUT2D eigenvalue weighted by Crippen LogP contribution is 2.30. The van der Waals surface area contributed by atoms with Crippen LogP contribution in [-0.2, 0) is 12.8 Å². The van der Waals surface area contributed by atoms with E-state index in [1.807, 2.05) is 6.20 Å². The lowest BCUT2D eigenvalue weighted by atomic mass is 9.89. The first-order chi connectivity index (χ1) is 8.40. The highest BCUT2D eigenvalue weighted by molar-refractivity contribution is 5.93. The number of hydrogen-bond acceptors (Lipinski definition) is 2. The summed E-state index contributed by atoms with van der Waals surface area (Å²) in [6.45, 7) is 3.08. The van der Waals surface area contributed by atoms with Gasteiger partial charge in [0.2, 0.25) is 0 Å². The van der Waals surface area contributed by atoms with Gasteiger partial charge in [0.15, 0.2) is 0 Å². The molecule has 1 aliphatic carbocycles. The number of fused-ring (bicyclic) bond motifs is 3. The van der Waals surface area contributed by atoms with E-state index in [-0.39, 0.29) is 0 Å². The van der Waals surface area contributed by atoms with Gasteiger partial charge in [0, 0.05) is 23.8 Å². The predicted octanol–water partition coefficient (Wildman–Crippen LogP) is 3.55. The third kappa shape index (κ3) is 1.78. The number of benzene rings is 1. The molecule has 1 N–H and O–H groups in total. The molecule has 0 atom stereocenters. The van der Waals surface area contributed by atoms with Gasteiger partial charge in [-0.25, -0.2) is 0 Å². The Morgan fingerprint density at radius 2 is 2.06 bits per heavy atom. The van der Waals surface area contributed by atoms with Crippen LogP contribution in [0.4, 0.5) is 5.69 Å². The Labute approximate surface area is 102 Å². The minimum atomic E-state index is 0.955. The van der Waals surface area contributed by atoms with Gasteiger partial charge in [0.05, 0.1) is 5.52 Å². The Morgan fingerprint density at radius 3 is 2.94 bits per heavy atom. The molecule has 0 amide bonds. The van der Waals surface area contributed by atoms with Gasteiger partial charge in [0.1, 0.15) is 0 Å². The van der Waals surface area contributed by atoms with E-state index >= 15 is 0 Å². The molecule has 1 aliphatic rings. The second kappa shape index (κ2) is 4.36. The van der Waals surface area contributed by atoms with E-state index in [1.54, 1.807) is 0 Å². The number of rotatable bonds is 2. The fourth-order valence-electron chi connectivity index (χ4n) is 2.79. The fourth-order valence-corrected chi connectivity index (χ4v) is 2.79. The third-order valence-electron chi connectivity index (χ3n) is 3.60. The molecule has 1 aromatic heterocycles. The first-order valence-corrected chi connectivity index (χ1v) is 6.53. The van der Waals surface area contributed by atoms with Crippen LogP contribution < -0.4 is 5.32 Å². The maximum Gasteiger partial charge on any atom is 0.0757 e. The Balaban J connectivity index is 2.22. The molecule has 0 spiro atoms. The SMILES string of the molecule is CCNc1ccnc2c3c(ccc12)CCCC3. The maximum atomic E-state index is 4.60. The van der Waals surface area contributed by atoms with Crippen LogP contribution in [0.3, 0.4) is 0 Å². The first kappa shape index (κ1) is 10.6. The Kier molecular flexibility index (Phi) is 2.71. The van der Waals surface area contributed by atoms with Gasteiger partial charge < -0.3 is 5.32 Å². The van der Waals surface area contributed by atoms with E-state index in [4.69, 9.17) is 0 Å². The molecule has 0 fully saturated rings. The molecule has 0 aliphatic heterocycles. The number of pyridine rings is 1. The van der Waals surface area contributed by atoms with Crippen LogP contribution in [0.1, 0.15) is 30.9 Å². The normalized spacial score (nSPS) is 14.6. The summed E-state index contributed by atoms with van der Waals surface area (Å²) in [6, 6.07) is 6.59. The summed E-state index contributed by atoms with van der Waals surface area (Å²) in [6.07, 6.45) is 6.97. The van der Waals surface area contributed by atoms with E-state index < -0.39 is 0 Å². The fraction of sp³-hybridized carbons (Fsp3) is 0.400. The summed E-state index contributed by atoms with van der Waals surface area (Å²) in [4.78, 5) is 4.60. The van der Waals surface area contributed by atoms with Crippen LogP contribution in [0.5, 0.6) is 0 Å². The van der Waals surface area contributed by atoms with Crippen LogP contribution in [0.2, 0.25) is 0 Å². The van der Waals surface area contributed by atoms with Gasteiger partial charge in [0.25, 0.3) is 0 Å². The number of nitrogens with zero attached hydrogens (tertiary/aromatic N) is 1. The van der Waals surface area contributed by atoms with Crippen molar-refractivity contribution in [3.8, 4) is 0 Å². The molecular formula is C15H18N2. The zero-order valence-corrected chi connectivity index (χ0v) is 10.3. The predicted molar refractivity (Wildman–Crippen MR) is 72.5 cm³/mol. The minimum absolute atomic E-state index is 0.955. The van der Waals surface area contributed by atoms with Crippen molar-refractivity contribution in [2.45, 2.75) is 32.6 Å². The summed E-state index contributed by atoms with van der Waals surface area (Å²) in [5, 5.41) is 4.69. The smallest absolute Gasteiger partial charge is 0.0757 e. The van der Waals surface area contributed by atoms with Gasteiger partial charge in [-0.2, -0.15) is 0 Å². The lowest BCUT2D eigenvalue weighted by Crippen LogP contribution is -2.05. The number of hydrogen-bond donors (Lipinski definition) is 1. The molecule has 0 saturated carbocycles. The van der Waals surface area contributed by atoms with Crippen LogP contribution in [-0.4, -0.2) is 11.5 Å². The number of nitrogens with one attached hydrogen (secondary N) is 1. The third-order valence-corrected chi connectivity index (χ3v) is 3.60. The van der Waals surface area contributed by atoms with Gasteiger partial charge in [-0.1, -0.05) is 12.1 Å². The van der Waals surface area contributed by atoms with Gasteiger partial charge in [-0.15, -0.1) is 0 Å². The van der Waals surface area contributed by atoms with Gasteiger partial charge in [-0.05, 0) is 49.8 Å². The van der Waals surface area contributed by atoms with E-state index in [1.165, 1.54) is 53.4 Å². The average Bonchev–Trinajstić information content (AvgIpc) is 2.39. The lowest BCUT2D eigenvalue weighted by Gasteiger charge is -2.18. The molecule has 3 rings (SSSR count). The summed E-state index contributed by atoms with van der Waals surface area (Å²) in [7, 11) is 0. The quantitative estimate of drug-likeness (QED) is 0.847.